The highest BCUT2D eigenvalue weighted by Gasteiger charge is 2.28. The molecule has 1 aromatic carbocycles. The first-order valence-electron chi connectivity index (χ1n) is 6.90. The molecule has 0 aromatic heterocycles. The molecular weight excluding hydrogens is 245 g/mol. The fourth-order valence-corrected chi connectivity index (χ4v) is 2.86. The number of hydrogen-bond donors (Lipinski definition) is 2. The van der Waals surface area contributed by atoms with Gasteiger partial charge >= 0.3 is 0 Å². The van der Waals surface area contributed by atoms with Crippen LogP contribution in [-0.4, -0.2) is 18.3 Å². The van der Waals surface area contributed by atoms with Crippen LogP contribution < -0.4 is 10.5 Å². The van der Waals surface area contributed by atoms with Crippen molar-refractivity contribution in [3.63, 3.8) is 0 Å². The number of nitrogens with two attached hydrogens (primary N) is 1. The lowest BCUT2D eigenvalue weighted by atomic mass is 9.81. The number of benzene rings is 1. The zero-order valence-electron chi connectivity index (χ0n) is 11.3. The van der Waals surface area contributed by atoms with Gasteiger partial charge in [-0.1, -0.05) is 25.3 Å². The van der Waals surface area contributed by atoms with Crippen LogP contribution in [0, 0.1) is 11.7 Å². The van der Waals surface area contributed by atoms with Crippen molar-refractivity contribution in [2.75, 3.05) is 7.11 Å². The number of hydrogen-bond acceptors (Lipinski definition) is 3. The maximum absolute atomic E-state index is 13.7. The highest BCUT2D eigenvalue weighted by atomic mass is 19.1. The van der Waals surface area contributed by atoms with E-state index in [0.717, 1.165) is 25.7 Å². The van der Waals surface area contributed by atoms with Crippen molar-refractivity contribution in [1.82, 2.24) is 0 Å². The van der Waals surface area contributed by atoms with Gasteiger partial charge in [-0.2, -0.15) is 0 Å². The Morgan fingerprint density at radius 3 is 2.58 bits per heavy atom. The minimum absolute atomic E-state index is 0.197. The number of halogens is 1. The number of aliphatic hydroxyl groups excluding tert-OH is 1. The topological polar surface area (TPSA) is 55.5 Å². The average molecular weight is 267 g/mol. The Morgan fingerprint density at radius 2 is 2.00 bits per heavy atom. The molecule has 3 N–H and O–H groups in total. The Balaban J connectivity index is 2.09. The monoisotopic (exact) mass is 267 g/mol. The van der Waals surface area contributed by atoms with Crippen LogP contribution in [0.4, 0.5) is 4.39 Å². The standard InChI is InChI=1S/C15H22FNO2/c1-19-13-8-7-11(9-12(13)16)14(17)15(18)10-5-3-2-4-6-10/h7-10,14-15,18H,2-6,17H2,1H3/t14-,15+/m0/s1. The lowest BCUT2D eigenvalue weighted by Gasteiger charge is -2.30. The van der Waals surface area contributed by atoms with Crippen molar-refractivity contribution in [3.8, 4) is 5.75 Å². The van der Waals surface area contributed by atoms with Gasteiger partial charge in [0.1, 0.15) is 0 Å². The molecule has 0 aliphatic heterocycles. The van der Waals surface area contributed by atoms with E-state index in [1.165, 1.54) is 19.6 Å². The lowest BCUT2D eigenvalue weighted by molar-refractivity contribution is 0.0617. The minimum Gasteiger partial charge on any atom is -0.494 e. The molecule has 4 heteroatoms. The van der Waals surface area contributed by atoms with Crippen molar-refractivity contribution in [1.29, 1.82) is 0 Å². The molecule has 2 rings (SSSR count). The third-order valence-electron chi connectivity index (χ3n) is 4.06. The number of rotatable bonds is 4. The number of methoxy groups -OCH3 is 1. The predicted octanol–water partition coefficient (Wildman–Crippen LogP) is 2.78. The van der Waals surface area contributed by atoms with E-state index in [0.29, 0.717) is 5.56 Å². The molecule has 19 heavy (non-hydrogen) atoms. The summed E-state index contributed by atoms with van der Waals surface area (Å²) in [6, 6.07) is 4.09. The third-order valence-corrected chi connectivity index (χ3v) is 4.06. The van der Waals surface area contributed by atoms with E-state index in [2.05, 4.69) is 0 Å². The molecule has 106 valence electrons. The average Bonchev–Trinajstić information content (AvgIpc) is 2.46. The van der Waals surface area contributed by atoms with Gasteiger partial charge in [-0.3, -0.25) is 0 Å². The van der Waals surface area contributed by atoms with Gasteiger partial charge in [0.05, 0.1) is 19.3 Å². The molecule has 1 aliphatic carbocycles. The Morgan fingerprint density at radius 1 is 1.32 bits per heavy atom. The largest absolute Gasteiger partial charge is 0.494 e. The summed E-state index contributed by atoms with van der Waals surface area (Å²) in [7, 11) is 1.43. The van der Waals surface area contributed by atoms with Crippen LogP contribution >= 0.6 is 0 Å². The van der Waals surface area contributed by atoms with Crippen LogP contribution in [0.15, 0.2) is 18.2 Å². The zero-order chi connectivity index (χ0) is 13.8. The fourth-order valence-electron chi connectivity index (χ4n) is 2.86. The molecule has 1 saturated carbocycles. The molecule has 0 unspecified atom stereocenters. The predicted molar refractivity (Wildman–Crippen MR) is 72.5 cm³/mol. The van der Waals surface area contributed by atoms with Gasteiger partial charge in [0.25, 0.3) is 0 Å². The maximum Gasteiger partial charge on any atom is 0.165 e. The smallest absolute Gasteiger partial charge is 0.165 e. The minimum atomic E-state index is -0.604. The van der Waals surface area contributed by atoms with Gasteiger partial charge in [-0.25, -0.2) is 4.39 Å². The van der Waals surface area contributed by atoms with E-state index in [4.69, 9.17) is 10.5 Å². The van der Waals surface area contributed by atoms with Gasteiger partial charge in [0.15, 0.2) is 11.6 Å². The first-order valence-corrected chi connectivity index (χ1v) is 6.90. The van der Waals surface area contributed by atoms with E-state index in [9.17, 15) is 9.50 Å². The van der Waals surface area contributed by atoms with Gasteiger partial charge in [0.2, 0.25) is 0 Å². The lowest BCUT2D eigenvalue weighted by Crippen LogP contribution is -2.34. The van der Waals surface area contributed by atoms with Crippen molar-refractivity contribution in [3.05, 3.63) is 29.6 Å². The van der Waals surface area contributed by atoms with E-state index in [-0.39, 0.29) is 11.7 Å². The number of ether oxygens (including phenoxy) is 1. The Bertz CT molecular complexity index is 419. The molecule has 0 saturated heterocycles. The second-order valence-corrected chi connectivity index (χ2v) is 5.31. The second-order valence-electron chi connectivity index (χ2n) is 5.31. The molecule has 0 spiro atoms. The molecule has 1 aromatic rings. The van der Waals surface area contributed by atoms with Crippen LogP contribution in [0.2, 0.25) is 0 Å². The van der Waals surface area contributed by atoms with Gasteiger partial charge in [-0.15, -0.1) is 0 Å². The first kappa shape index (κ1) is 14.3. The van der Waals surface area contributed by atoms with Gasteiger partial charge < -0.3 is 15.6 Å². The van der Waals surface area contributed by atoms with E-state index in [1.807, 2.05) is 0 Å². The second kappa shape index (κ2) is 6.35. The molecule has 1 aliphatic rings. The summed E-state index contributed by atoms with van der Waals surface area (Å²) < 4.78 is 18.5. The Hall–Kier alpha value is -1.13. The SMILES string of the molecule is COc1ccc([C@H](N)[C@H](O)C2CCCCC2)cc1F. The molecule has 0 amide bonds. The summed E-state index contributed by atoms with van der Waals surface area (Å²) in [5, 5.41) is 10.3. The molecule has 1 fully saturated rings. The summed E-state index contributed by atoms with van der Waals surface area (Å²) >= 11 is 0. The highest BCUT2D eigenvalue weighted by Crippen LogP contribution is 2.32. The van der Waals surface area contributed by atoms with Crippen LogP contribution in [0.25, 0.3) is 0 Å². The molecular formula is C15H22FNO2. The maximum atomic E-state index is 13.7. The molecule has 0 bridgehead atoms. The molecule has 2 atom stereocenters. The van der Waals surface area contributed by atoms with Crippen molar-refractivity contribution >= 4 is 0 Å². The van der Waals surface area contributed by atoms with Crippen molar-refractivity contribution < 1.29 is 14.2 Å². The zero-order valence-corrected chi connectivity index (χ0v) is 11.3. The Labute approximate surface area is 113 Å². The molecule has 0 radical (unpaired) electrons. The first-order chi connectivity index (χ1) is 9.13. The third kappa shape index (κ3) is 3.25. The van der Waals surface area contributed by atoms with Crippen LogP contribution in [-0.2, 0) is 0 Å². The van der Waals surface area contributed by atoms with Crippen LogP contribution in [0.5, 0.6) is 5.75 Å². The molecule has 0 heterocycles. The summed E-state index contributed by atoms with van der Waals surface area (Å²) in [4.78, 5) is 0. The summed E-state index contributed by atoms with van der Waals surface area (Å²) in [6.45, 7) is 0. The van der Waals surface area contributed by atoms with Crippen molar-refractivity contribution in [2.45, 2.75) is 44.2 Å². The number of aliphatic hydroxyl groups is 1. The quantitative estimate of drug-likeness (QED) is 0.882. The van der Waals surface area contributed by atoms with Gasteiger partial charge in [-0.05, 0) is 36.5 Å². The van der Waals surface area contributed by atoms with Crippen molar-refractivity contribution in [2.24, 2.45) is 11.7 Å². The highest BCUT2D eigenvalue weighted by molar-refractivity contribution is 5.31. The van der Waals surface area contributed by atoms with Crippen LogP contribution in [0.3, 0.4) is 0 Å². The van der Waals surface area contributed by atoms with E-state index in [1.54, 1.807) is 12.1 Å². The Kier molecular flexibility index (Phi) is 4.77. The van der Waals surface area contributed by atoms with Crippen LogP contribution in [0.1, 0.15) is 43.7 Å². The summed E-state index contributed by atoms with van der Waals surface area (Å²) in [5.41, 5.74) is 6.69. The van der Waals surface area contributed by atoms with Gasteiger partial charge in [0, 0.05) is 0 Å². The summed E-state index contributed by atoms with van der Waals surface area (Å²) in [6.07, 6.45) is 4.93. The fraction of sp³-hybridized carbons (Fsp3) is 0.600. The molecule has 3 nitrogen and oxygen atoms in total. The van der Waals surface area contributed by atoms with E-state index < -0.39 is 18.0 Å². The van der Waals surface area contributed by atoms with E-state index >= 15 is 0 Å². The summed E-state index contributed by atoms with van der Waals surface area (Å²) in [5.74, 6) is -0.0108. The normalized spacial score (nSPS) is 20.0.